The average molecular weight is 313 g/mol. The molecule has 2 N–H and O–H groups in total. The molecule has 1 aromatic carbocycles. The second-order valence-corrected chi connectivity index (χ2v) is 7.26. The third-order valence-corrected chi connectivity index (χ3v) is 5.39. The number of aliphatic imine (C=N–C) groups is 1. The highest BCUT2D eigenvalue weighted by Gasteiger charge is 2.21. The van der Waals surface area contributed by atoms with Crippen molar-refractivity contribution < 1.29 is 4.79 Å². The number of hydrogen-bond acceptors (Lipinski definition) is 3. The summed E-state index contributed by atoms with van der Waals surface area (Å²) in [6.07, 6.45) is 3.45. The number of benzene rings is 1. The van der Waals surface area contributed by atoms with Gasteiger partial charge in [-0.2, -0.15) is 0 Å². The SMILES string of the molecule is C[C@@H]1CCc2[nH]c3ccc(C(=O)NC4=NCCS4)cc3c2C1. The first-order valence-electron chi connectivity index (χ1n) is 7.83. The van der Waals surface area contributed by atoms with Crippen LogP contribution in [0.15, 0.2) is 23.2 Å². The Bertz CT molecular complexity index is 778. The van der Waals surface area contributed by atoms with Crippen LogP contribution in [-0.2, 0) is 12.8 Å². The molecule has 0 fully saturated rings. The number of fused-ring (bicyclic) bond motifs is 3. The summed E-state index contributed by atoms with van der Waals surface area (Å²) in [6.45, 7) is 3.09. The maximum absolute atomic E-state index is 12.4. The fraction of sp³-hybridized carbons (Fsp3) is 0.412. The molecule has 1 aliphatic heterocycles. The third kappa shape index (κ3) is 2.43. The number of aromatic amines is 1. The van der Waals surface area contributed by atoms with Crippen molar-refractivity contribution in [3.8, 4) is 0 Å². The average Bonchev–Trinajstić information content (AvgIpc) is 3.14. The van der Waals surface area contributed by atoms with Crippen LogP contribution < -0.4 is 5.32 Å². The second kappa shape index (κ2) is 5.47. The molecule has 2 aliphatic rings. The number of H-pyrrole nitrogens is 1. The quantitative estimate of drug-likeness (QED) is 0.850. The molecule has 1 aliphatic carbocycles. The standard InChI is InChI=1S/C17H19N3OS/c1-10-2-4-14-12(8-10)13-9-11(3-5-15(13)19-14)16(21)20-17-18-6-7-22-17/h3,5,9-10,19H,2,4,6-8H2,1H3,(H,18,20,21)/t10-/m1/s1. The van der Waals surface area contributed by atoms with E-state index in [1.54, 1.807) is 11.8 Å². The van der Waals surface area contributed by atoms with Gasteiger partial charge in [0.2, 0.25) is 0 Å². The highest BCUT2D eigenvalue weighted by Crippen LogP contribution is 2.32. The number of amidine groups is 1. The van der Waals surface area contributed by atoms with Crippen molar-refractivity contribution in [1.29, 1.82) is 0 Å². The lowest BCUT2D eigenvalue weighted by molar-refractivity contribution is 0.0978. The van der Waals surface area contributed by atoms with Crippen LogP contribution in [0.25, 0.3) is 10.9 Å². The molecule has 5 heteroatoms. The van der Waals surface area contributed by atoms with Crippen molar-refractivity contribution >= 4 is 33.7 Å². The Morgan fingerprint density at radius 2 is 2.36 bits per heavy atom. The summed E-state index contributed by atoms with van der Waals surface area (Å²) in [5, 5.41) is 4.85. The number of carbonyl (C=O) groups is 1. The zero-order valence-electron chi connectivity index (χ0n) is 12.6. The molecule has 2 aromatic rings. The predicted molar refractivity (Wildman–Crippen MR) is 91.7 cm³/mol. The topological polar surface area (TPSA) is 57.2 Å². The van der Waals surface area contributed by atoms with Gasteiger partial charge in [-0.3, -0.25) is 9.79 Å². The van der Waals surface area contributed by atoms with Crippen LogP contribution in [-0.4, -0.2) is 28.4 Å². The van der Waals surface area contributed by atoms with E-state index < -0.39 is 0 Å². The van der Waals surface area contributed by atoms with Crippen molar-refractivity contribution in [3.63, 3.8) is 0 Å². The van der Waals surface area contributed by atoms with E-state index in [1.807, 2.05) is 18.2 Å². The van der Waals surface area contributed by atoms with Crippen molar-refractivity contribution in [3.05, 3.63) is 35.0 Å². The molecule has 0 unspecified atom stereocenters. The first kappa shape index (κ1) is 13.9. The second-order valence-electron chi connectivity index (χ2n) is 6.18. The van der Waals surface area contributed by atoms with Crippen LogP contribution in [0.2, 0.25) is 0 Å². The Kier molecular flexibility index (Phi) is 3.45. The summed E-state index contributed by atoms with van der Waals surface area (Å²) >= 11 is 1.61. The number of hydrogen-bond donors (Lipinski definition) is 2. The van der Waals surface area contributed by atoms with Gasteiger partial charge in [0, 0.05) is 27.9 Å². The summed E-state index contributed by atoms with van der Waals surface area (Å²) in [4.78, 5) is 20.2. The third-order valence-electron chi connectivity index (χ3n) is 4.50. The maximum atomic E-state index is 12.4. The van der Waals surface area contributed by atoms with Gasteiger partial charge in [0.25, 0.3) is 5.91 Å². The zero-order chi connectivity index (χ0) is 15.1. The van der Waals surface area contributed by atoms with Crippen LogP contribution >= 0.6 is 11.8 Å². The van der Waals surface area contributed by atoms with Crippen molar-refractivity contribution in [2.45, 2.75) is 26.2 Å². The molecule has 4 rings (SSSR count). The van der Waals surface area contributed by atoms with E-state index >= 15 is 0 Å². The van der Waals surface area contributed by atoms with Crippen LogP contribution in [0.1, 0.15) is 35.0 Å². The first-order chi connectivity index (χ1) is 10.7. The molecule has 0 radical (unpaired) electrons. The molecule has 1 atom stereocenters. The minimum atomic E-state index is -0.0612. The maximum Gasteiger partial charge on any atom is 0.257 e. The Balaban J connectivity index is 1.67. The van der Waals surface area contributed by atoms with Crippen molar-refractivity contribution in [2.24, 2.45) is 10.9 Å². The van der Waals surface area contributed by atoms with Gasteiger partial charge in [-0.05, 0) is 48.9 Å². The van der Waals surface area contributed by atoms with E-state index in [2.05, 4.69) is 22.2 Å². The lowest BCUT2D eigenvalue weighted by Crippen LogP contribution is -2.27. The van der Waals surface area contributed by atoms with E-state index in [1.165, 1.54) is 23.1 Å². The summed E-state index contributed by atoms with van der Waals surface area (Å²) in [5.41, 5.74) is 4.60. The van der Waals surface area contributed by atoms with E-state index in [4.69, 9.17) is 0 Å². The number of rotatable bonds is 1. The Labute approximate surface area is 133 Å². The fourth-order valence-electron chi connectivity index (χ4n) is 3.31. The van der Waals surface area contributed by atoms with Crippen molar-refractivity contribution in [1.82, 2.24) is 10.3 Å². The molecule has 4 nitrogen and oxygen atoms in total. The Hall–Kier alpha value is -1.75. The van der Waals surface area contributed by atoms with Crippen LogP contribution in [0, 0.1) is 5.92 Å². The molecular formula is C17H19N3OS. The molecule has 0 bridgehead atoms. The summed E-state index contributed by atoms with van der Waals surface area (Å²) in [5.74, 6) is 1.61. The number of amides is 1. The zero-order valence-corrected chi connectivity index (χ0v) is 13.4. The van der Waals surface area contributed by atoms with Crippen molar-refractivity contribution in [2.75, 3.05) is 12.3 Å². The number of nitrogens with one attached hydrogen (secondary N) is 2. The molecular weight excluding hydrogens is 294 g/mol. The van der Waals surface area contributed by atoms with E-state index in [9.17, 15) is 4.79 Å². The van der Waals surface area contributed by atoms with Gasteiger partial charge in [-0.1, -0.05) is 18.7 Å². The molecule has 2 heterocycles. The summed E-state index contributed by atoms with van der Waals surface area (Å²) < 4.78 is 0. The van der Waals surface area contributed by atoms with E-state index in [0.29, 0.717) is 11.5 Å². The molecule has 1 amide bonds. The molecule has 114 valence electrons. The molecule has 0 spiro atoms. The normalized spacial score (nSPS) is 20.8. The highest BCUT2D eigenvalue weighted by atomic mass is 32.2. The molecule has 1 aromatic heterocycles. The molecule has 0 saturated heterocycles. The Morgan fingerprint density at radius 1 is 1.45 bits per heavy atom. The van der Waals surface area contributed by atoms with Crippen LogP contribution in [0.3, 0.4) is 0 Å². The smallest absolute Gasteiger partial charge is 0.257 e. The van der Waals surface area contributed by atoms with Gasteiger partial charge >= 0.3 is 0 Å². The van der Waals surface area contributed by atoms with Gasteiger partial charge in [0.15, 0.2) is 5.17 Å². The van der Waals surface area contributed by atoms with Crippen LogP contribution in [0.4, 0.5) is 0 Å². The van der Waals surface area contributed by atoms with Gasteiger partial charge in [-0.25, -0.2) is 0 Å². The molecule has 22 heavy (non-hydrogen) atoms. The number of aryl methyl sites for hydroxylation is 1. The summed E-state index contributed by atoms with van der Waals surface area (Å²) in [6, 6.07) is 5.94. The number of aromatic nitrogens is 1. The minimum Gasteiger partial charge on any atom is -0.358 e. The first-order valence-corrected chi connectivity index (χ1v) is 8.81. The minimum absolute atomic E-state index is 0.0612. The number of thioether (sulfide) groups is 1. The molecule has 0 saturated carbocycles. The predicted octanol–water partition coefficient (Wildman–Crippen LogP) is 3.13. The largest absolute Gasteiger partial charge is 0.358 e. The van der Waals surface area contributed by atoms with Gasteiger partial charge < -0.3 is 10.3 Å². The van der Waals surface area contributed by atoms with Gasteiger partial charge in [-0.15, -0.1) is 0 Å². The van der Waals surface area contributed by atoms with E-state index in [-0.39, 0.29) is 5.91 Å². The fourth-order valence-corrected chi connectivity index (χ4v) is 4.04. The van der Waals surface area contributed by atoms with Gasteiger partial charge in [0.1, 0.15) is 0 Å². The lowest BCUT2D eigenvalue weighted by Gasteiger charge is -2.18. The number of nitrogens with zero attached hydrogens (tertiary/aromatic N) is 1. The van der Waals surface area contributed by atoms with E-state index in [0.717, 1.165) is 35.8 Å². The van der Waals surface area contributed by atoms with Gasteiger partial charge in [0.05, 0.1) is 6.54 Å². The monoisotopic (exact) mass is 313 g/mol. The Morgan fingerprint density at radius 3 is 3.18 bits per heavy atom. The van der Waals surface area contributed by atoms with Crippen LogP contribution in [0.5, 0.6) is 0 Å². The number of carbonyl (C=O) groups excluding carboxylic acids is 1. The summed E-state index contributed by atoms with van der Waals surface area (Å²) in [7, 11) is 0. The lowest BCUT2D eigenvalue weighted by atomic mass is 9.87. The highest BCUT2D eigenvalue weighted by molar-refractivity contribution is 8.14.